The van der Waals surface area contributed by atoms with Gasteiger partial charge in [-0.25, -0.2) is 0 Å². The molecule has 0 aliphatic carbocycles. The van der Waals surface area contributed by atoms with Gasteiger partial charge in [0, 0.05) is 24.4 Å². The molecule has 3 heterocycles. The highest BCUT2D eigenvalue weighted by molar-refractivity contribution is 9.11. The normalized spacial score (nSPS) is 11.0. The summed E-state index contributed by atoms with van der Waals surface area (Å²) in [4.78, 5) is 6.91. The Morgan fingerprint density at radius 3 is 1.89 bits per heavy atom. The van der Waals surface area contributed by atoms with Crippen molar-refractivity contribution < 1.29 is 0 Å². The van der Waals surface area contributed by atoms with Crippen LogP contribution in [-0.4, -0.2) is 0 Å². The molecule has 0 radical (unpaired) electrons. The van der Waals surface area contributed by atoms with Crippen molar-refractivity contribution in [3.63, 3.8) is 0 Å². The van der Waals surface area contributed by atoms with Gasteiger partial charge < -0.3 is 0 Å². The molecule has 0 spiro atoms. The summed E-state index contributed by atoms with van der Waals surface area (Å²) in [5, 5.41) is 0. The Hall–Kier alpha value is -0.420. The van der Waals surface area contributed by atoms with Crippen molar-refractivity contribution in [2.45, 2.75) is 13.3 Å². The van der Waals surface area contributed by atoms with Gasteiger partial charge in [0.25, 0.3) is 0 Å². The van der Waals surface area contributed by atoms with Crippen molar-refractivity contribution in [1.82, 2.24) is 0 Å². The summed E-state index contributed by atoms with van der Waals surface area (Å²) in [6, 6.07) is 13.2. The lowest BCUT2D eigenvalue weighted by molar-refractivity contribution is 1.19. The van der Waals surface area contributed by atoms with E-state index in [1.807, 2.05) is 22.7 Å². The third-order valence-electron chi connectivity index (χ3n) is 2.68. The van der Waals surface area contributed by atoms with Crippen LogP contribution in [-0.2, 0) is 6.42 Å². The fourth-order valence-electron chi connectivity index (χ4n) is 1.75. The molecule has 3 aromatic heterocycles. The first-order valence-electron chi connectivity index (χ1n) is 5.71. The molecule has 0 saturated heterocycles. The molecule has 0 amide bonds. The topological polar surface area (TPSA) is 0 Å². The lowest BCUT2D eigenvalue weighted by Gasteiger charge is -1.90. The molecule has 18 heavy (non-hydrogen) atoms. The highest BCUT2D eigenvalue weighted by atomic mass is 79.9. The molecular formula is C14H11BrS3. The second-order valence-electron chi connectivity index (χ2n) is 3.89. The first-order valence-corrected chi connectivity index (χ1v) is 8.95. The Labute approximate surface area is 127 Å². The Balaban J connectivity index is 1.93. The highest BCUT2D eigenvalue weighted by Gasteiger charge is 2.08. The number of aryl methyl sites for hydroxylation is 1. The second kappa shape index (κ2) is 5.29. The van der Waals surface area contributed by atoms with E-state index >= 15 is 0 Å². The molecule has 0 fully saturated rings. The molecule has 0 bridgehead atoms. The van der Waals surface area contributed by atoms with Gasteiger partial charge in [-0.3, -0.25) is 0 Å². The van der Waals surface area contributed by atoms with Crippen LogP contribution >= 0.6 is 49.9 Å². The predicted molar refractivity (Wildman–Crippen MR) is 88.0 cm³/mol. The zero-order chi connectivity index (χ0) is 12.5. The van der Waals surface area contributed by atoms with E-state index in [1.165, 1.54) is 28.2 Å². The maximum atomic E-state index is 3.52. The fraction of sp³-hybridized carbons (Fsp3) is 0.143. The molecule has 3 rings (SSSR count). The van der Waals surface area contributed by atoms with Gasteiger partial charge in [0.05, 0.1) is 3.79 Å². The zero-order valence-corrected chi connectivity index (χ0v) is 13.8. The zero-order valence-electron chi connectivity index (χ0n) is 9.77. The summed E-state index contributed by atoms with van der Waals surface area (Å²) < 4.78 is 1.19. The molecule has 0 aliphatic heterocycles. The van der Waals surface area contributed by atoms with Crippen LogP contribution in [0.5, 0.6) is 0 Å². The minimum atomic E-state index is 1.13. The van der Waals surface area contributed by atoms with Crippen LogP contribution in [0.4, 0.5) is 0 Å². The molecule has 0 aromatic carbocycles. The molecule has 0 saturated carbocycles. The molecule has 0 nitrogen and oxygen atoms in total. The molecule has 92 valence electrons. The standard InChI is InChI=1S/C14H11BrS3/c1-2-9-3-4-10(16-9)11-5-6-12(17-11)13-7-8-14(15)18-13/h3-8H,2H2,1H3. The number of thiophene rings is 3. The Kier molecular flexibility index (Phi) is 3.71. The van der Waals surface area contributed by atoms with Crippen LogP contribution in [0.2, 0.25) is 0 Å². The summed E-state index contributed by atoms with van der Waals surface area (Å²) >= 11 is 9.09. The first-order chi connectivity index (χ1) is 8.76. The molecule has 0 unspecified atom stereocenters. The lowest BCUT2D eigenvalue weighted by atomic mass is 10.3. The van der Waals surface area contributed by atoms with Crippen molar-refractivity contribution in [3.05, 3.63) is 45.1 Å². The number of hydrogen-bond acceptors (Lipinski definition) is 3. The monoisotopic (exact) mass is 354 g/mol. The first kappa shape index (κ1) is 12.6. The minimum absolute atomic E-state index is 1.13. The average Bonchev–Trinajstić information content (AvgIpc) is 3.07. The van der Waals surface area contributed by atoms with Gasteiger partial charge in [0.2, 0.25) is 0 Å². The van der Waals surface area contributed by atoms with E-state index < -0.39 is 0 Å². The van der Waals surface area contributed by atoms with Crippen molar-refractivity contribution >= 4 is 49.9 Å². The smallest absolute Gasteiger partial charge is 0.0705 e. The Bertz CT molecular complexity index is 660. The van der Waals surface area contributed by atoms with Crippen LogP contribution in [0.1, 0.15) is 11.8 Å². The van der Waals surface area contributed by atoms with Crippen LogP contribution in [0.3, 0.4) is 0 Å². The van der Waals surface area contributed by atoms with E-state index in [-0.39, 0.29) is 0 Å². The highest BCUT2D eigenvalue weighted by Crippen LogP contribution is 2.40. The number of halogens is 1. The minimum Gasteiger partial charge on any atom is -0.139 e. The summed E-state index contributed by atoms with van der Waals surface area (Å²) in [5.41, 5.74) is 0. The maximum Gasteiger partial charge on any atom is 0.0705 e. The van der Waals surface area contributed by atoms with Crippen LogP contribution in [0.15, 0.2) is 40.2 Å². The number of rotatable bonds is 3. The lowest BCUT2D eigenvalue weighted by Crippen LogP contribution is -1.63. The van der Waals surface area contributed by atoms with Gasteiger partial charge in [-0.1, -0.05) is 6.92 Å². The van der Waals surface area contributed by atoms with E-state index in [9.17, 15) is 0 Å². The Morgan fingerprint density at radius 2 is 1.33 bits per heavy atom. The van der Waals surface area contributed by atoms with Crippen molar-refractivity contribution in [1.29, 1.82) is 0 Å². The molecular weight excluding hydrogens is 344 g/mol. The van der Waals surface area contributed by atoms with Gasteiger partial charge >= 0.3 is 0 Å². The molecule has 0 aliphatic rings. The predicted octanol–water partition coefficient (Wildman–Crippen LogP) is 6.53. The quantitative estimate of drug-likeness (QED) is 0.501. The average molecular weight is 355 g/mol. The van der Waals surface area contributed by atoms with Gasteiger partial charge in [0.15, 0.2) is 0 Å². The fourth-order valence-corrected chi connectivity index (χ4v) is 5.27. The second-order valence-corrected chi connectivity index (χ2v) is 8.60. The van der Waals surface area contributed by atoms with E-state index in [0.717, 1.165) is 6.42 Å². The molecule has 0 atom stereocenters. The molecule has 0 N–H and O–H groups in total. The van der Waals surface area contributed by atoms with Crippen LogP contribution in [0, 0.1) is 0 Å². The van der Waals surface area contributed by atoms with Gasteiger partial charge in [-0.15, -0.1) is 34.0 Å². The largest absolute Gasteiger partial charge is 0.139 e. The molecule has 3 aromatic rings. The number of hydrogen-bond donors (Lipinski definition) is 0. The van der Waals surface area contributed by atoms with Crippen LogP contribution in [0.25, 0.3) is 19.5 Å². The Morgan fingerprint density at radius 1 is 0.778 bits per heavy atom. The van der Waals surface area contributed by atoms with Crippen molar-refractivity contribution in [2.75, 3.05) is 0 Å². The van der Waals surface area contributed by atoms with Gasteiger partial charge in [-0.05, 0) is 58.7 Å². The van der Waals surface area contributed by atoms with E-state index in [0.29, 0.717) is 0 Å². The van der Waals surface area contributed by atoms with Crippen LogP contribution < -0.4 is 0 Å². The summed E-state index contributed by atoms with van der Waals surface area (Å²) in [6.45, 7) is 2.21. The summed E-state index contributed by atoms with van der Waals surface area (Å²) in [7, 11) is 0. The van der Waals surface area contributed by atoms with Gasteiger partial charge in [-0.2, -0.15) is 0 Å². The van der Waals surface area contributed by atoms with E-state index in [2.05, 4.69) is 59.3 Å². The van der Waals surface area contributed by atoms with Gasteiger partial charge in [0.1, 0.15) is 0 Å². The SMILES string of the molecule is CCc1ccc(-c2ccc(-c3ccc(Br)s3)s2)s1. The maximum absolute atomic E-state index is 3.52. The summed E-state index contributed by atoms with van der Waals surface area (Å²) in [6.07, 6.45) is 1.13. The van der Waals surface area contributed by atoms with Crippen molar-refractivity contribution in [2.24, 2.45) is 0 Å². The van der Waals surface area contributed by atoms with Crippen molar-refractivity contribution in [3.8, 4) is 19.5 Å². The summed E-state index contributed by atoms with van der Waals surface area (Å²) in [5.74, 6) is 0. The van der Waals surface area contributed by atoms with E-state index in [1.54, 1.807) is 11.3 Å². The molecule has 4 heteroatoms. The third-order valence-corrected chi connectivity index (χ3v) is 7.01. The third kappa shape index (κ3) is 2.48. The van der Waals surface area contributed by atoms with E-state index in [4.69, 9.17) is 0 Å².